The van der Waals surface area contributed by atoms with Crippen molar-refractivity contribution in [1.29, 1.82) is 0 Å². The van der Waals surface area contributed by atoms with Crippen molar-refractivity contribution in [2.75, 3.05) is 0 Å². The highest BCUT2D eigenvalue weighted by Gasteiger charge is 2.18. The van der Waals surface area contributed by atoms with Gasteiger partial charge in [-0.2, -0.15) is 0 Å². The molecule has 3 N–H and O–H groups in total. The van der Waals surface area contributed by atoms with Crippen LogP contribution in [0.15, 0.2) is 6.07 Å². The number of hydrogen-bond acceptors (Lipinski definition) is 2. The van der Waals surface area contributed by atoms with Crippen molar-refractivity contribution in [3.63, 3.8) is 0 Å². The number of benzene rings is 1. The summed E-state index contributed by atoms with van der Waals surface area (Å²) in [5.41, 5.74) is 7.38. The third-order valence-corrected chi connectivity index (χ3v) is 3.01. The van der Waals surface area contributed by atoms with E-state index < -0.39 is 17.8 Å². The molecule has 3 nitrogen and oxygen atoms in total. The lowest BCUT2D eigenvalue weighted by molar-refractivity contribution is -0.138. The van der Waals surface area contributed by atoms with E-state index in [2.05, 4.69) is 0 Å². The maximum absolute atomic E-state index is 13.4. The van der Waals surface area contributed by atoms with Gasteiger partial charge < -0.3 is 10.8 Å². The van der Waals surface area contributed by atoms with E-state index in [1.54, 1.807) is 13.8 Å². The van der Waals surface area contributed by atoms with Gasteiger partial charge in [-0.25, -0.2) is 4.39 Å². The second-order valence-corrected chi connectivity index (χ2v) is 4.12. The Hall–Kier alpha value is -1.13. The second-order valence-electron chi connectivity index (χ2n) is 3.74. The molecule has 0 fully saturated rings. The van der Waals surface area contributed by atoms with Crippen molar-refractivity contribution in [3.8, 4) is 0 Å². The highest BCUT2D eigenvalue weighted by Crippen LogP contribution is 2.27. The monoisotopic (exact) mass is 245 g/mol. The van der Waals surface area contributed by atoms with Crippen molar-refractivity contribution >= 4 is 17.6 Å². The lowest BCUT2D eigenvalue weighted by atomic mass is 9.97. The zero-order valence-electron chi connectivity index (χ0n) is 9.05. The Bertz CT molecular complexity index is 408. The fourth-order valence-corrected chi connectivity index (χ4v) is 1.73. The number of halogens is 2. The predicted molar refractivity (Wildman–Crippen MR) is 60.2 cm³/mol. The van der Waals surface area contributed by atoms with Gasteiger partial charge in [0.05, 0.1) is 5.02 Å². The van der Waals surface area contributed by atoms with E-state index in [-0.39, 0.29) is 11.4 Å². The molecule has 0 spiro atoms. The van der Waals surface area contributed by atoms with Crippen LogP contribution >= 0.6 is 11.6 Å². The standard InChI is InChI=1S/C11H13ClFNO2/c1-5-3-8(13)10(12)7(6(5)2)4-9(14)11(15)16/h3,9H,4,14H2,1-2H3,(H,15,16). The molecule has 1 atom stereocenters. The van der Waals surface area contributed by atoms with Crippen LogP contribution in [0, 0.1) is 19.7 Å². The highest BCUT2D eigenvalue weighted by atomic mass is 35.5. The first kappa shape index (κ1) is 12.9. The number of aryl methyl sites for hydroxylation is 1. The van der Waals surface area contributed by atoms with Crippen molar-refractivity contribution in [2.24, 2.45) is 5.73 Å². The maximum Gasteiger partial charge on any atom is 0.320 e. The number of carboxylic acid groups (broad SMARTS) is 1. The quantitative estimate of drug-likeness (QED) is 0.857. The summed E-state index contributed by atoms with van der Waals surface area (Å²) in [5.74, 6) is -1.67. The largest absolute Gasteiger partial charge is 0.480 e. The van der Waals surface area contributed by atoms with Crippen LogP contribution in [0.25, 0.3) is 0 Å². The Balaban J connectivity index is 3.17. The fourth-order valence-electron chi connectivity index (χ4n) is 1.46. The van der Waals surface area contributed by atoms with E-state index in [1.165, 1.54) is 6.07 Å². The normalized spacial score (nSPS) is 12.6. The van der Waals surface area contributed by atoms with Crippen LogP contribution in [0.2, 0.25) is 5.02 Å². The number of aliphatic carboxylic acids is 1. The molecule has 88 valence electrons. The number of rotatable bonds is 3. The Morgan fingerprint density at radius 1 is 1.62 bits per heavy atom. The first-order chi connectivity index (χ1) is 7.34. The molecule has 0 radical (unpaired) electrons. The third kappa shape index (κ3) is 2.51. The molecule has 1 aromatic rings. The summed E-state index contributed by atoms with van der Waals surface area (Å²) in [6.45, 7) is 3.51. The molecular formula is C11H13ClFNO2. The smallest absolute Gasteiger partial charge is 0.320 e. The number of nitrogens with two attached hydrogens (primary N) is 1. The van der Waals surface area contributed by atoms with Crippen LogP contribution in [0.5, 0.6) is 0 Å². The molecule has 1 unspecified atom stereocenters. The molecule has 0 heterocycles. The summed E-state index contributed by atoms with van der Waals surface area (Å²) in [5, 5.41) is 8.66. The van der Waals surface area contributed by atoms with Gasteiger partial charge in [0, 0.05) is 6.42 Å². The van der Waals surface area contributed by atoms with Gasteiger partial charge in [0.2, 0.25) is 0 Å². The van der Waals surface area contributed by atoms with Crippen molar-refractivity contribution in [3.05, 3.63) is 33.6 Å². The van der Waals surface area contributed by atoms with E-state index in [4.69, 9.17) is 22.4 Å². The summed E-state index contributed by atoms with van der Waals surface area (Å²) in [4.78, 5) is 10.6. The number of hydrogen-bond donors (Lipinski definition) is 2. The first-order valence-electron chi connectivity index (χ1n) is 4.77. The topological polar surface area (TPSA) is 63.3 Å². The molecule has 0 saturated carbocycles. The average molecular weight is 246 g/mol. The van der Waals surface area contributed by atoms with Gasteiger partial charge in [-0.3, -0.25) is 4.79 Å². The summed E-state index contributed by atoms with van der Waals surface area (Å²) in [7, 11) is 0. The zero-order chi connectivity index (χ0) is 12.5. The predicted octanol–water partition coefficient (Wildman–Crippen LogP) is 2.05. The molecule has 0 amide bonds. The molecular weight excluding hydrogens is 233 g/mol. The zero-order valence-corrected chi connectivity index (χ0v) is 9.81. The minimum atomic E-state index is -1.13. The van der Waals surface area contributed by atoms with Gasteiger partial charge in [0.25, 0.3) is 0 Å². The van der Waals surface area contributed by atoms with Gasteiger partial charge in [0.1, 0.15) is 11.9 Å². The molecule has 0 aliphatic carbocycles. The number of carbonyl (C=O) groups is 1. The van der Waals surface area contributed by atoms with Crippen LogP contribution in [0.4, 0.5) is 4.39 Å². The summed E-state index contributed by atoms with van der Waals surface area (Å²) >= 11 is 5.80. The minimum absolute atomic E-state index is 0.0264. The summed E-state index contributed by atoms with van der Waals surface area (Å²) < 4.78 is 13.4. The summed E-state index contributed by atoms with van der Waals surface area (Å²) in [6.07, 6.45) is 0.0264. The minimum Gasteiger partial charge on any atom is -0.480 e. The molecule has 0 aliphatic heterocycles. The van der Waals surface area contributed by atoms with Crippen LogP contribution in [-0.2, 0) is 11.2 Å². The molecule has 0 bridgehead atoms. The molecule has 16 heavy (non-hydrogen) atoms. The van der Waals surface area contributed by atoms with E-state index in [0.717, 1.165) is 11.1 Å². The second kappa shape index (κ2) is 4.80. The van der Waals surface area contributed by atoms with Crippen molar-refractivity contribution < 1.29 is 14.3 Å². The van der Waals surface area contributed by atoms with Gasteiger partial charge in [0.15, 0.2) is 0 Å². The van der Waals surface area contributed by atoms with Gasteiger partial charge in [-0.1, -0.05) is 11.6 Å². The van der Waals surface area contributed by atoms with Crippen molar-refractivity contribution in [2.45, 2.75) is 26.3 Å². The van der Waals surface area contributed by atoms with Crippen LogP contribution in [0.3, 0.4) is 0 Å². The Morgan fingerprint density at radius 3 is 2.69 bits per heavy atom. The Morgan fingerprint density at radius 2 is 2.19 bits per heavy atom. The highest BCUT2D eigenvalue weighted by molar-refractivity contribution is 6.31. The third-order valence-electron chi connectivity index (χ3n) is 2.60. The van der Waals surface area contributed by atoms with E-state index in [0.29, 0.717) is 5.56 Å². The fraction of sp³-hybridized carbons (Fsp3) is 0.364. The van der Waals surface area contributed by atoms with Crippen LogP contribution in [0.1, 0.15) is 16.7 Å². The van der Waals surface area contributed by atoms with E-state index in [1.807, 2.05) is 0 Å². The molecule has 1 rings (SSSR count). The van der Waals surface area contributed by atoms with E-state index >= 15 is 0 Å². The van der Waals surface area contributed by atoms with Gasteiger partial charge >= 0.3 is 5.97 Å². The maximum atomic E-state index is 13.4. The Kier molecular flexibility index (Phi) is 3.88. The average Bonchev–Trinajstić information content (AvgIpc) is 2.21. The SMILES string of the molecule is Cc1cc(F)c(Cl)c(CC(N)C(=O)O)c1C. The molecule has 0 saturated heterocycles. The Labute approximate surface area is 98.0 Å². The van der Waals surface area contributed by atoms with Gasteiger partial charge in [-0.15, -0.1) is 0 Å². The first-order valence-corrected chi connectivity index (χ1v) is 5.14. The molecule has 1 aromatic carbocycles. The van der Waals surface area contributed by atoms with Gasteiger partial charge in [-0.05, 0) is 36.6 Å². The molecule has 5 heteroatoms. The summed E-state index contributed by atoms with van der Waals surface area (Å²) in [6, 6.07) is 0.255. The van der Waals surface area contributed by atoms with Crippen molar-refractivity contribution in [1.82, 2.24) is 0 Å². The lowest BCUT2D eigenvalue weighted by Crippen LogP contribution is -2.32. The van der Waals surface area contributed by atoms with E-state index in [9.17, 15) is 9.18 Å². The van der Waals surface area contributed by atoms with Crippen LogP contribution in [-0.4, -0.2) is 17.1 Å². The van der Waals surface area contributed by atoms with Crippen LogP contribution < -0.4 is 5.73 Å². The molecule has 0 aliphatic rings. The molecule has 0 aromatic heterocycles. The lowest BCUT2D eigenvalue weighted by Gasteiger charge is -2.14. The number of carboxylic acids is 1.